The van der Waals surface area contributed by atoms with Crippen LogP contribution in [-0.2, 0) is 0 Å². The summed E-state index contributed by atoms with van der Waals surface area (Å²) >= 11 is 1.69. The summed E-state index contributed by atoms with van der Waals surface area (Å²) in [5.74, 6) is 1.57. The zero-order valence-electron chi connectivity index (χ0n) is 11.8. The van der Waals surface area contributed by atoms with E-state index in [1.54, 1.807) is 17.8 Å². The minimum absolute atomic E-state index is 0.00590. The third-order valence-corrected chi connectivity index (χ3v) is 3.71. The molecule has 0 fully saturated rings. The SMILES string of the molecule is CSCC[C@@H](N)c1nc(-c2cc([N+](=O)[O-])ccc2C)no1. The number of nitro benzene ring substituents is 1. The van der Waals surface area contributed by atoms with Crippen LogP contribution in [0.2, 0.25) is 0 Å². The van der Waals surface area contributed by atoms with E-state index in [2.05, 4.69) is 10.1 Å². The molecule has 0 spiro atoms. The molecule has 1 aromatic heterocycles. The van der Waals surface area contributed by atoms with Gasteiger partial charge in [-0.05, 0) is 30.9 Å². The van der Waals surface area contributed by atoms with Gasteiger partial charge in [0.05, 0.1) is 11.0 Å². The number of rotatable bonds is 6. The Kier molecular flexibility index (Phi) is 4.92. The van der Waals surface area contributed by atoms with Crippen molar-refractivity contribution in [2.24, 2.45) is 5.73 Å². The summed E-state index contributed by atoms with van der Waals surface area (Å²) in [6, 6.07) is 4.23. The number of hydrogen-bond donors (Lipinski definition) is 1. The second kappa shape index (κ2) is 6.68. The Hall–Kier alpha value is -1.93. The first kappa shape index (κ1) is 15.5. The second-order valence-corrected chi connectivity index (χ2v) is 5.59. The first-order valence-electron chi connectivity index (χ1n) is 6.36. The van der Waals surface area contributed by atoms with E-state index in [1.165, 1.54) is 12.1 Å². The average Bonchev–Trinajstić information content (AvgIpc) is 2.94. The van der Waals surface area contributed by atoms with E-state index in [4.69, 9.17) is 10.3 Å². The number of hydrogen-bond acceptors (Lipinski definition) is 7. The zero-order valence-corrected chi connectivity index (χ0v) is 12.6. The molecule has 0 saturated heterocycles. The fraction of sp³-hybridized carbons (Fsp3) is 0.385. The molecule has 112 valence electrons. The molecule has 0 radical (unpaired) electrons. The lowest BCUT2D eigenvalue weighted by atomic mass is 10.1. The predicted molar refractivity (Wildman–Crippen MR) is 81.1 cm³/mol. The molecular formula is C13H16N4O3S. The van der Waals surface area contributed by atoms with Crippen LogP contribution in [0.5, 0.6) is 0 Å². The molecule has 0 unspecified atom stereocenters. The lowest BCUT2D eigenvalue weighted by Gasteiger charge is -2.04. The first-order chi connectivity index (χ1) is 10.0. The van der Waals surface area contributed by atoms with Gasteiger partial charge in [0, 0.05) is 17.7 Å². The monoisotopic (exact) mass is 308 g/mol. The molecule has 0 aliphatic rings. The summed E-state index contributed by atoms with van der Waals surface area (Å²) in [5.41, 5.74) is 7.38. The molecule has 0 amide bonds. The number of nitrogens with zero attached hydrogens (tertiary/aromatic N) is 3. The number of aromatic nitrogens is 2. The maximum absolute atomic E-state index is 10.8. The van der Waals surface area contributed by atoms with Crippen LogP contribution in [-0.4, -0.2) is 27.1 Å². The molecule has 21 heavy (non-hydrogen) atoms. The summed E-state index contributed by atoms with van der Waals surface area (Å²) in [6.45, 7) is 1.84. The Bertz CT molecular complexity index is 644. The van der Waals surface area contributed by atoms with Gasteiger partial charge in [-0.2, -0.15) is 16.7 Å². The molecular weight excluding hydrogens is 292 g/mol. The summed E-state index contributed by atoms with van der Waals surface area (Å²) in [6.07, 6.45) is 2.73. The van der Waals surface area contributed by atoms with Crippen molar-refractivity contribution in [3.8, 4) is 11.4 Å². The van der Waals surface area contributed by atoms with Crippen LogP contribution in [0.25, 0.3) is 11.4 Å². The highest BCUT2D eigenvalue weighted by atomic mass is 32.2. The number of nitrogens with two attached hydrogens (primary N) is 1. The average molecular weight is 308 g/mol. The number of benzene rings is 1. The minimum atomic E-state index is -0.450. The van der Waals surface area contributed by atoms with Crippen LogP contribution >= 0.6 is 11.8 Å². The maximum Gasteiger partial charge on any atom is 0.270 e. The number of nitro groups is 1. The van der Waals surface area contributed by atoms with Gasteiger partial charge in [-0.15, -0.1) is 0 Å². The zero-order chi connectivity index (χ0) is 15.4. The van der Waals surface area contributed by atoms with Crippen molar-refractivity contribution in [2.75, 3.05) is 12.0 Å². The Morgan fingerprint density at radius 3 is 2.95 bits per heavy atom. The topological polar surface area (TPSA) is 108 Å². The number of thioether (sulfide) groups is 1. The standard InChI is InChI=1S/C13H16N4O3S/c1-8-3-4-9(17(18)19)7-10(8)12-15-13(20-16-12)11(14)5-6-21-2/h3-4,7,11H,5-6,14H2,1-2H3/t11-/m1/s1. The molecule has 1 heterocycles. The fourth-order valence-electron chi connectivity index (χ4n) is 1.83. The summed E-state index contributed by atoms with van der Waals surface area (Å²) < 4.78 is 5.17. The van der Waals surface area contributed by atoms with Crippen molar-refractivity contribution in [3.05, 3.63) is 39.8 Å². The van der Waals surface area contributed by atoms with E-state index < -0.39 is 4.92 Å². The summed E-state index contributed by atoms with van der Waals surface area (Å²) in [4.78, 5) is 14.7. The molecule has 2 N–H and O–H groups in total. The molecule has 1 aromatic carbocycles. The molecule has 0 bridgehead atoms. The third-order valence-electron chi connectivity index (χ3n) is 3.06. The van der Waals surface area contributed by atoms with Crippen LogP contribution < -0.4 is 5.73 Å². The molecule has 1 atom stereocenters. The molecule has 8 heteroatoms. The smallest absolute Gasteiger partial charge is 0.270 e. The van der Waals surface area contributed by atoms with Crippen molar-refractivity contribution < 1.29 is 9.45 Å². The van der Waals surface area contributed by atoms with E-state index in [9.17, 15) is 10.1 Å². The fourth-order valence-corrected chi connectivity index (χ4v) is 2.32. The molecule has 2 rings (SSSR count). The van der Waals surface area contributed by atoms with Crippen molar-refractivity contribution >= 4 is 17.4 Å². The van der Waals surface area contributed by atoms with Crippen LogP contribution in [0, 0.1) is 17.0 Å². The van der Waals surface area contributed by atoms with Crippen molar-refractivity contribution in [3.63, 3.8) is 0 Å². The van der Waals surface area contributed by atoms with Gasteiger partial charge in [-0.25, -0.2) is 0 Å². The van der Waals surface area contributed by atoms with E-state index in [0.717, 1.165) is 17.7 Å². The van der Waals surface area contributed by atoms with Gasteiger partial charge in [0.2, 0.25) is 11.7 Å². The molecule has 7 nitrogen and oxygen atoms in total. The molecule has 0 aliphatic heterocycles. The van der Waals surface area contributed by atoms with Crippen molar-refractivity contribution in [1.29, 1.82) is 0 Å². The van der Waals surface area contributed by atoms with E-state index in [1.807, 2.05) is 13.2 Å². The molecule has 0 aliphatic carbocycles. The minimum Gasteiger partial charge on any atom is -0.337 e. The van der Waals surface area contributed by atoms with Crippen LogP contribution in [0.1, 0.15) is 23.9 Å². The lowest BCUT2D eigenvalue weighted by Crippen LogP contribution is -2.11. The van der Waals surface area contributed by atoms with Crippen LogP contribution in [0.3, 0.4) is 0 Å². The van der Waals surface area contributed by atoms with Gasteiger partial charge in [-0.1, -0.05) is 11.2 Å². The van der Waals surface area contributed by atoms with Crippen LogP contribution in [0.15, 0.2) is 22.7 Å². The highest BCUT2D eigenvalue weighted by molar-refractivity contribution is 7.98. The van der Waals surface area contributed by atoms with Gasteiger partial charge in [0.1, 0.15) is 0 Å². The Labute approximate surface area is 126 Å². The predicted octanol–water partition coefficient (Wildman–Crippen LogP) is 2.71. The normalized spacial score (nSPS) is 12.3. The highest BCUT2D eigenvalue weighted by Crippen LogP contribution is 2.26. The van der Waals surface area contributed by atoms with E-state index in [0.29, 0.717) is 17.3 Å². The summed E-state index contributed by atoms with van der Waals surface area (Å²) in [7, 11) is 0. The van der Waals surface area contributed by atoms with Gasteiger partial charge in [-0.3, -0.25) is 10.1 Å². The first-order valence-corrected chi connectivity index (χ1v) is 7.76. The van der Waals surface area contributed by atoms with E-state index in [-0.39, 0.29) is 11.7 Å². The van der Waals surface area contributed by atoms with Gasteiger partial charge >= 0.3 is 0 Å². The van der Waals surface area contributed by atoms with E-state index >= 15 is 0 Å². The second-order valence-electron chi connectivity index (χ2n) is 4.60. The van der Waals surface area contributed by atoms with Gasteiger partial charge in [0.25, 0.3) is 5.69 Å². The van der Waals surface area contributed by atoms with Gasteiger partial charge < -0.3 is 10.3 Å². The quantitative estimate of drug-likeness (QED) is 0.645. The number of aryl methyl sites for hydroxylation is 1. The highest BCUT2D eigenvalue weighted by Gasteiger charge is 2.18. The summed E-state index contributed by atoms with van der Waals surface area (Å²) in [5, 5.41) is 14.7. The lowest BCUT2D eigenvalue weighted by molar-refractivity contribution is -0.384. The Balaban J connectivity index is 2.29. The van der Waals surface area contributed by atoms with Crippen molar-refractivity contribution in [2.45, 2.75) is 19.4 Å². The van der Waals surface area contributed by atoms with Crippen LogP contribution in [0.4, 0.5) is 5.69 Å². The number of non-ortho nitro benzene ring substituents is 1. The molecule has 2 aromatic rings. The Morgan fingerprint density at radius 1 is 1.52 bits per heavy atom. The Morgan fingerprint density at radius 2 is 2.29 bits per heavy atom. The maximum atomic E-state index is 10.8. The largest absolute Gasteiger partial charge is 0.337 e. The third kappa shape index (κ3) is 3.59. The van der Waals surface area contributed by atoms with Crippen molar-refractivity contribution in [1.82, 2.24) is 10.1 Å². The van der Waals surface area contributed by atoms with Gasteiger partial charge in [0.15, 0.2) is 0 Å². The molecule has 0 saturated carbocycles.